The number of pyridine rings is 1. The van der Waals surface area contributed by atoms with Crippen molar-refractivity contribution in [1.29, 1.82) is 0 Å². The number of hydrogen-bond acceptors (Lipinski definition) is 2. The van der Waals surface area contributed by atoms with E-state index in [4.69, 9.17) is 0 Å². The highest BCUT2D eigenvalue weighted by Gasteiger charge is 2.33. The van der Waals surface area contributed by atoms with Gasteiger partial charge in [-0.15, -0.1) is 0 Å². The summed E-state index contributed by atoms with van der Waals surface area (Å²) in [6.07, 6.45) is 12.7. The Morgan fingerprint density at radius 1 is 1.21 bits per heavy atom. The van der Waals surface area contributed by atoms with Gasteiger partial charge in [0.1, 0.15) is 5.75 Å². The second kappa shape index (κ2) is 5.52. The molecule has 2 fully saturated rings. The van der Waals surface area contributed by atoms with Crippen molar-refractivity contribution in [2.45, 2.75) is 58.3 Å². The minimum absolute atomic E-state index is 0.285. The van der Waals surface area contributed by atoms with Crippen LogP contribution in [0.3, 0.4) is 0 Å². The van der Waals surface area contributed by atoms with Gasteiger partial charge in [-0.05, 0) is 62.0 Å². The molecule has 0 amide bonds. The predicted octanol–water partition coefficient (Wildman–Crippen LogP) is 4.24. The molecule has 2 nitrogen and oxygen atoms in total. The van der Waals surface area contributed by atoms with Gasteiger partial charge in [-0.25, -0.2) is 0 Å². The van der Waals surface area contributed by atoms with E-state index in [0.29, 0.717) is 0 Å². The monoisotopic (exact) mass is 259 g/mol. The maximum Gasteiger partial charge on any atom is 0.134 e. The number of aromatic nitrogens is 1. The Kier molecular flexibility index (Phi) is 3.76. The van der Waals surface area contributed by atoms with Crippen molar-refractivity contribution >= 4 is 0 Å². The Bertz CT molecular complexity index is 443. The highest BCUT2D eigenvalue weighted by Crippen LogP contribution is 2.45. The molecule has 2 aliphatic carbocycles. The van der Waals surface area contributed by atoms with Crippen LogP contribution in [0.25, 0.3) is 0 Å². The summed E-state index contributed by atoms with van der Waals surface area (Å²) in [6, 6.07) is 1.83. The first-order valence-corrected chi connectivity index (χ1v) is 7.87. The van der Waals surface area contributed by atoms with Gasteiger partial charge in [0.05, 0.1) is 6.20 Å². The van der Waals surface area contributed by atoms with E-state index in [0.717, 1.165) is 29.7 Å². The van der Waals surface area contributed by atoms with Crippen LogP contribution in [0.4, 0.5) is 0 Å². The number of hydrogen-bond donors (Lipinski definition) is 1. The summed E-state index contributed by atoms with van der Waals surface area (Å²) in [7, 11) is 0. The number of aromatic hydroxyl groups is 1. The third kappa shape index (κ3) is 2.93. The topological polar surface area (TPSA) is 33.1 Å². The van der Waals surface area contributed by atoms with Crippen molar-refractivity contribution < 1.29 is 5.11 Å². The molecule has 1 heterocycles. The first kappa shape index (κ1) is 13.0. The lowest BCUT2D eigenvalue weighted by molar-refractivity contribution is 0.200. The molecule has 0 saturated heterocycles. The van der Waals surface area contributed by atoms with Gasteiger partial charge in [0.15, 0.2) is 0 Å². The largest absolute Gasteiger partial charge is 0.506 e. The van der Waals surface area contributed by atoms with E-state index in [1.54, 1.807) is 6.20 Å². The maximum absolute atomic E-state index is 9.39. The average Bonchev–Trinajstić information content (AvgIpc) is 2.85. The van der Waals surface area contributed by atoms with Gasteiger partial charge in [0, 0.05) is 5.69 Å². The molecule has 104 valence electrons. The van der Waals surface area contributed by atoms with Crippen LogP contribution in [-0.4, -0.2) is 10.1 Å². The molecular weight excluding hydrogens is 234 g/mol. The minimum Gasteiger partial charge on any atom is -0.506 e. The van der Waals surface area contributed by atoms with Gasteiger partial charge < -0.3 is 5.11 Å². The molecule has 2 saturated carbocycles. The number of aryl methyl sites for hydroxylation is 2. The predicted molar refractivity (Wildman–Crippen MR) is 77.1 cm³/mol. The van der Waals surface area contributed by atoms with E-state index in [1.807, 2.05) is 6.07 Å². The van der Waals surface area contributed by atoms with Crippen LogP contribution >= 0.6 is 0 Å². The molecule has 0 spiro atoms. The SMILES string of the molecule is Cc1cc(O)cnc1CCC1CCC2CCCC2C1. The van der Waals surface area contributed by atoms with Crippen LogP contribution in [0.2, 0.25) is 0 Å². The van der Waals surface area contributed by atoms with Gasteiger partial charge >= 0.3 is 0 Å². The molecule has 3 unspecified atom stereocenters. The number of nitrogens with zero attached hydrogens (tertiary/aromatic N) is 1. The molecule has 0 aliphatic heterocycles. The fourth-order valence-corrected chi connectivity index (χ4v) is 4.25. The molecule has 3 rings (SSSR count). The van der Waals surface area contributed by atoms with Crippen LogP contribution in [0, 0.1) is 24.7 Å². The van der Waals surface area contributed by atoms with Crippen molar-refractivity contribution in [3.05, 3.63) is 23.5 Å². The van der Waals surface area contributed by atoms with Crippen molar-refractivity contribution in [2.24, 2.45) is 17.8 Å². The summed E-state index contributed by atoms with van der Waals surface area (Å²) in [6.45, 7) is 2.05. The lowest BCUT2D eigenvalue weighted by atomic mass is 9.74. The minimum atomic E-state index is 0.285. The summed E-state index contributed by atoms with van der Waals surface area (Å²) in [5, 5.41) is 9.39. The van der Waals surface area contributed by atoms with E-state index in [9.17, 15) is 5.11 Å². The second-order valence-corrected chi connectivity index (χ2v) is 6.63. The molecule has 3 atom stereocenters. The van der Waals surface area contributed by atoms with Crippen LogP contribution in [-0.2, 0) is 6.42 Å². The van der Waals surface area contributed by atoms with Gasteiger partial charge in [-0.3, -0.25) is 4.98 Å². The summed E-state index contributed by atoms with van der Waals surface area (Å²) in [5.41, 5.74) is 2.31. The molecule has 19 heavy (non-hydrogen) atoms. The van der Waals surface area contributed by atoms with E-state index in [-0.39, 0.29) is 5.75 Å². The van der Waals surface area contributed by atoms with Gasteiger partial charge in [0.2, 0.25) is 0 Å². The summed E-state index contributed by atoms with van der Waals surface area (Å²) in [5.74, 6) is 3.29. The first-order chi connectivity index (χ1) is 9.22. The van der Waals surface area contributed by atoms with Crippen molar-refractivity contribution in [2.75, 3.05) is 0 Å². The Morgan fingerprint density at radius 2 is 2.05 bits per heavy atom. The molecule has 1 aromatic rings. The lowest BCUT2D eigenvalue weighted by Gasteiger charge is -2.31. The number of rotatable bonds is 3. The first-order valence-electron chi connectivity index (χ1n) is 7.87. The molecule has 0 bridgehead atoms. The normalized spacial score (nSPS) is 30.3. The van der Waals surface area contributed by atoms with Crippen LogP contribution in [0.5, 0.6) is 5.75 Å². The molecule has 2 aliphatic rings. The van der Waals surface area contributed by atoms with Crippen molar-refractivity contribution in [3.8, 4) is 5.75 Å². The smallest absolute Gasteiger partial charge is 0.134 e. The highest BCUT2D eigenvalue weighted by atomic mass is 16.3. The zero-order valence-electron chi connectivity index (χ0n) is 11.9. The Labute approximate surface area is 116 Å². The standard InChI is InChI=1S/C17H25NO/c1-12-9-16(19)11-18-17(12)8-6-13-5-7-14-3-2-4-15(14)10-13/h9,11,13-15,19H,2-8,10H2,1H3. The molecule has 0 radical (unpaired) electrons. The van der Waals surface area contributed by atoms with E-state index >= 15 is 0 Å². The average molecular weight is 259 g/mol. The fraction of sp³-hybridized carbons (Fsp3) is 0.706. The molecule has 1 N–H and O–H groups in total. The third-order valence-electron chi connectivity index (χ3n) is 5.36. The Hall–Kier alpha value is -1.05. The molecule has 0 aromatic carbocycles. The van der Waals surface area contributed by atoms with E-state index in [1.165, 1.54) is 50.6 Å². The molecule has 1 aromatic heterocycles. The van der Waals surface area contributed by atoms with Crippen molar-refractivity contribution in [3.63, 3.8) is 0 Å². The Balaban J connectivity index is 1.54. The van der Waals surface area contributed by atoms with Crippen LogP contribution in [0.1, 0.15) is 56.2 Å². The van der Waals surface area contributed by atoms with E-state index < -0.39 is 0 Å². The fourth-order valence-electron chi connectivity index (χ4n) is 4.25. The lowest BCUT2D eigenvalue weighted by Crippen LogP contribution is -2.21. The summed E-state index contributed by atoms with van der Waals surface area (Å²) in [4.78, 5) is 4.38. The maximum atomic E-state index is 9.39. The summed E-state index contributed by atoms with van der Waals surface area (Å²) < 4.78 is 0. The summed E-state index contributed by atoms with van der Waals surface area (Å²) >= 11 is 0. The van der Waals surface area contributed by atoms with Gasteiger partial charge in [-0.1, -0.05) is 25.7 Å². The van der Waals surface area contributed by atoms with Crippen LogP contribution in [0.15, 0.2) is 12.3 Å². The third-order valence-corrected chi connectivity index (χ3v) is 5.36. The highest BCUT2D eigenvalue weighted by molar-refractivity contribution is 5.27. The molecule has 2 heteroatoms. The van der Waals surface area contributed by atoms with E-state index in [2.05, 4.69) is 11.9 Å². The second-order valence-electron chi connectivity index (χ2n) is 6.63. The zero-order chi connectivity index (χ0) is 13.2. The van der Waals surface area contributed by atoms with Crippen molar-refractivity contribution in [1.82, 2.24) is 4.98 Å². The Morgan fingerprint density at radius 3 is 2.89 bits per heavy atom. The molecular formula is C17H25NO. The van der Waals surface area contributed by atoms with Gasteiger partial charge in [-0.2, -0.15) is 0 Å². The number of fused-ring (bicyclic) bond motifs is 1. The quantitative estimate of drug-likeness (QED) is 0.880. The zero-order valence-corrected chi connectivity index (χ0v) is 11.9. The van der Waals surface area contributed by atoms with Crippen LogP contribution < -0.4 is 0 Å². The van der Waals surface area contributed by atoms with Gasteiger partial charge in [0.25, 0.3) is 0 Å².